The summed E-state index contributed by atoms with van der Waals surface area (Å²) in [5.41, 5.74) is 6.39. The lowest BCUT2D eigenvalue weighted by atomic mass is 9.82. The fraction of sp³-hybridized carbons (Fsp3) is 0.500. The summed E-state index contributed by atoms with van der Waals surface area (Å²) in [5.74, 6) is -1.29. The SMILES string of the molecule is Cc1nc(C)c(C(OC(C)(C)C)C(=O)O)c(N2CCC(C)(C)CC2)c1-c1ccc(N(CCO)CCc2ccc(F)cc2)cc1. The molecule has 1 atom stereocenters. The molecule has 1 saturated heterocycles. The van der Waals surface area contributed by atoms with E-state index in [-0.39, 0.29) is 17.8 Å². The number of ether oxygens (including phenoxy) is 1. The van der Waals surface area contributed by atoms with Gasteiger partial charge in [-0.15, -0.1) is 0 Å². The van der Waals surface area contributed by atoms with Gasteiger partial charge in [0.15, 0.2) is 6.10 Å². The molecule has 1 aromatic heterocycles. The van der Waals surface area contributed by atoms with Crippen molar-refractivity contribution in [2.75, 3.05) is 42.6 Å². The van der Waals surface area contributed by atoms with Crippen molar-refractivity contribution in [3.8, 4) is 11.1 Å². The van der Waals surface area contributed by atoms with E-state index in [0.29, 0.717) is 30.8 Å². The molecule has 1 aliphatic rings. The van der Waals surface area contributed by atoms with Gasteiger partial charge < -0.3 is 24.7 Å². The van der Waals surface area contributed by atoms with Gasteiger partial charge in [-0.1, -0.05) is 38.1 Å². The van der Waals surface area contributed by atoms with E-state index in [2.05, 4.69) is 35.8 Å². The van der Waals surface area contributed by atoms with E-state index in [1.807, 2.05) is 46.8 Å². The van der Waals surface area contributed by atoms with Crippen LogP contribution in [0.25, 0.3) is 11.1 Å². The van der Waals surface area contributed by atoms with Gasteiger partial charge in [0.2, 0.25) is 0 Å². The van der Waals surface area contributed by atoms with Gasteiger partial charge in [-0.2, -0.15) is 0 Å². The van der Waals surface area contributed by atoms with Gasteiger partial charge >= 0.3 is 5.97 Å². The summed E-state index contributed by atoms with van der Waals surface area (Å²) in [7, 11) is 0. The van der Waals surface area contributed by atoms with E-state index in [0.717, 1.165) is 59.7 Å². The third-order valence-electron chi connectivity index (χ3n) is 8.44. The molecule has 0 spiro atoms. The van der Waals surface area contributed by atoms with Crippen LogP contribution in [0.15, 0.2) is 48.5 Å². The van der Waals surface area contributed by atoms with Crippen LogP contribution in [0.2, 0.25) is 0 Å². The van der Waals surface area contributed by atoms with Crippen LogP contribution in [-0.4, -0.2) is 59.6 Å². The molecule has 1 fully saturated rings. The Morgan fingerprint density at radius 1 is 1.02 bits per heavy atom. The number of aliphatic hydroxyl groups excluding tert-OH is 1. The highest BCUT2D eigenvalue weighted by atomic mass is 19.1. The summed E-state index contributed by atoms with van der Waals surface area (Å²) in [5, 5.41) is 20.2. The fourth-order valence-electron chi connectivity index (χ4n) is 6.00. The van der Waals surface area contributed by atoms with Gasteiger partial charge in [0.05, 0.1) is 17.9 Å². The maximum atomic E-state index is 13.4. The Morgan fingerprint density at radius 2 is 1.64 bits per heavy atom. The summed E-state index contributed by atoms with van der Waals surface area (Å²) in [6.45, 7) is 16.8. The van der Waals surface area contributed by atoms with Crippen molar-refractivity contribution in [3.05, 3.63) is 76.9 Å². The molecule has 1 aliphatic heterocycles. The third kappa shape index (κ3) is 8.16. The predicted molar refractivity (Wildman–Crippen MR) is 175 cm³/mol. The Kier molecular flexibility index (Phi) is 10.4. The lowest BCUT2D eigenvalue weighted by Crippen LogP contribution is -2.39. The topological polar surface area (TPSA) is 86.1 Å². The number of pyridine rings is 1. The smallest absolute Gasteiger partial charge is 0.337 e. The van der Waals surface area contributed by atoms with Gasteiger partial charge in [0.25, 0.3) is 0 Å². The first-order valence-corrected chi connectivity index (χ1v) is 15.6. The Bertz CT molecular complexity index is 1420. The van der Waals surface area contributed by atoms with Gasteiger partial charge in [0, 0.05) is 54.4 Å². The standard InChI is InChI=1S/C36H48FN3O4/c1-24-30(27-10-14-29(15-11-27)39(22-23-41)19-16-26-8-12-28(37)13-9-26)32(40-20-17-36(6,7)18-21-40)31(25(2)38-24)33(34(42)43)44-35(3,4)5/h8-15,33,41H,16-23H2,1-7H3,(H,42,43). The summed E-state index contributed by atoms with van der Waals surface area (Å²) in [6.07, 6.45) is 1.53. The fourth-order valence-corrected chi connectivity index (χ4v) is 6.00. The molecule has 8 heteroatoms. The molecule has 0 bridgehead atoms. The van der Waals surface area contributed by atoms with Crippen LogP contribution < -0.4 is 9.80 Å². The zero-order chi connectivity index (χ0) is 32.2. The molecule has 0 aliphatic carbocycles. The number of nitrogens with zero attached hydrogens (tertiary/aromatic N) is 3. The molecule has 1 unspecified atom stereocenters. The number of piperidine rings is 1. The quantitative estimate of drug-likeness (QED) is 0.241. The second-order valence-electron chi connectivity index (χ2n) is 13.7. The summed E-state index contributed by atoms with van der Waals surface area (Å²) < 4.78 is 19.6. The van der Waals surface area contributed by atoms with Crippen molar-refractivity contribution in [2.24, 2.45) is 5.41 Å². The second-order valence-corrected chi connectivity index (χ2v) is 13.7. The van der Waals surface area contributed by atoms with Crippen LogP contribution in [0, 0.1) is 25.1 Å². The first-order chi connectivity index (χ1) is 20.7. The van der Waals surface area contributed by atoms with Crippen LogP contribution in [-0.2, 0) is 16.0 Å². The molecule has 3 aromatic rings. The number of aromatic nitrogens is 1. The van der Waals surface area contributed by atoms with Crippen LogP contribution >= 0.6 is 0 Å². The first kappa shape index (κ1) is 33.4. The van der Waals surface area contributed by atoms with Crippen molar-refractivity contribution in [3.63, 3.8) is 0 Å². The average Bonchev–Trinajstić information content (AvgIpc) is 2.94. The number of hydrogen-bond acceptors (Lipinski definition) is 6. The number of hydrogen-bond donors (Lipinski definition) is 2. The minimum absolute atomic E-state index is 0.00926. The average molecular weight is 606 g/mol. The highest BCUT2D eigenvalue weighted by Gasteiger charge is 2.36. The second kappa shape index (κ2) is 13.7. The number of aryl methyl sites for hydroxylation is 2. The van der Waals surface area contributed by atoms with E-state index >= 15 is 0 Å². The molecule has 7 nitrogen and oxygen atoms in total. The monoisotopic (exact) mass is 605 g/mol. The zero-order valence-electron chi connectivity index (χ0n) is 27.3. The minimum Gasteiger partial charge on any atom is -0.479 e. The number of aliphatic carboxylic acids is 1. The lowest BCUT2D eigenvalue weighted by Gasteiger charge is -2.41. The van der Waals surface area contributed by atoms with Crippen molar-refractivity contribution in [1.82, 2.24) is 4.98 Å². The Balaban J connectivity index is 1.77. The molecule has 0 saturated carbocycles. The van der Waals surface area contributed by atoms with Crippen LogP contribution in [0.4, 0.5) is 15.8 Å². The molecular formula is C36H48FN3O4. The normalized spacial score (nSPS) is 15.7. The summed E-state index contributed by atoms with van der Waals surface area (Å²) >= 11 is 0. The minimum atomic E-state index is -1.17. The molecule has 0 amide bonds. The van der Waals surface area contributed by atoms with Crippen molar-refractivity contribution < 1.29 is 24.1 Å². The molecule has 4 rings (SSSR count). The number of benzene rings is 2. The number of rotatable bonds is 11. The highest BCUT2D eigenvalue weighted by molar-refractivity contribution is 5.88. The number of carboxylic acid groups (broad SMARTS) is 1. The van der Waals surface area contributed by atoms with Gasteiger partial charge in [-0.25, -0.2) is 9.18 Å². The first-order valence-electron chi connectivity index (χ1n) is 15.6. The Hall–Kier alpha value is -3.49. The Morgan fingerprint density at radius 3 is 2.18 bits per heavy atom. The molecule has 44 heavy (non-hydrogen) atoms. The van der Waals surface area contributed by atoms with Crippen molar-refractivity contribution in [1.29, 1.82) is 0 Å². The number of anilines is 2. The van der Waals surface area contributed by atoms with E-state index in [4.69, 9.17) is 9.72 Å². The predicted octanol–water partition coefficient (Wildman–Crippen LogP) is 7.11. The number of carbonyl (C=O) groups is 1. The van der Waals surface area contributed by atoms with Crippen molar-refractivity contribution in [2.45, 2.75) is 79.4 Å². The molecule has 2 N–H and O–H groups in total. The largest absolute Gasteiger partial charge is 0.479 e. The van der Waals surface area contributed by atoms with Gasteiger partial charge in [0.1, 0.15) is 5.82 Å². The third-order valence-corrected chi connectivity index (χ3v) is 8.44. The van der Waals surface area contributed by atoms with Crippen LogP contribution in [0.3, 0.4) is 0 Å². The molecule has 238 valence electrons. The van der Waals surface area contributed by atoms with Crippen molar-refractivity contribution >= 4 is 17.3 Å². The molecule has 2 heterocycles. The van der Waals surface area contributed by atoms with E-state index in [9.17, 15) is 19.4 Å². The molecule has 2 aromatic carbocycles. The molecule has 0 radical (unpaired) electrons. The van der Waals surface area contributed by atoms with E-state index < -0.39 is 17.7 Å². The number of carboxylic acids is 1. The van der Waals surface area contributed by atoms with Crippen LogP contribution in [0.5, 0.6) is 0 Å². The summed E-state index contributed by atoms with van der Waals surface area (Å²) in [4.78, 5) is 22.1. The number of halogens is 1. The number of aliphatic hydroxyl groups is 1. The highest BCUT2D eigenvalue weighted by Crippen LogP contribution is 2.45. The van der Waals surface area contributed by atoms with E-state index in [1.165, 1.54) is 12.1 Å². The van der Waals surface area contributed by atoms with Crippen LogP contribution in [0.1, 0.15) is 76.1 Å². The lowest BCUT2D eigenvalue weighted by molar-refractivity contribution is -0.160. The van der Waals surface area contributed by atoms with E-state index in [1.54, 1.807) is 12.1 Å². The maximum Gasteiger partial charge on any atom is 0.337 e. The zero-order valence-corrected chi connectivity index (χ0v) is 27.3. The molecular weight excluding hydrogens is 557 g/mol. The Labute approximate surface area is 261 Å². The summed E-state index contributed by atoms with van der Waals surface area (Å²) in [6, 6.07) is 14.7. The van der Waals surface area contributed by atoms with Gasteiger partial charge in [-0.05, 0) is 94.7 Å². The van der Waals surface area contributed by atoms with Gasteiger partial charge in [-0.3, -0.25) is 4.98 Å². The maximum absolute atomic E-state index is 13.4.